The number of aliphatic hydroxyl groups excluding tert-OH is 1. The summed E-state index contributed by atoms with van der Waals surface area (Å²) in [6.07, 6.45) is -4.11. The number of carbonyl (C=O) groups excluding carboxylic acids is 1. The molecule has 1 atom stereocenters. The molecule has 12 heteroatoms. The number of aliphatic hydroxyl groups is 1. The van der Waals surface area contributed by atoms with Crippen molar-refractivity contribution in [3.8, 4) is 0 Å². The normalized spacial score (nSPS) is 13.7. The second-order valence-corrected chi connectivity index (χ2v) is 8.48. The lowest BCUT2D eigenvalue weighted by molar-refractivity contribution is -0.112. The molecule has 1 heterocycles. The fourth-order valence-electron chi connectivity index (χ4n) is 2.80. The average Bonchev–Trinajstić information content (AvgIpc) is 2.72. The zero-order valence-electron chi connectivity index (χ0n) is 18.8. The summed E-state index contributed by atoms with van der Waals surface area (Å²) < 4.78 is 40.6. The van der Waals surface area contributed by atoms with Crippen molar-refractivity contribution < 1.29 is 23.1 Å². The smallest absolute Gasteiger partial charge is 0.374 e. The lowest BCUT2D eigenvalue weighted by Gasteiger charge is -2.21. The van der Waals surface area contributed by atoms with E-state index in [4.69, 9.17) is 23.2 Å². The van der Waals surface area contributed by atoms with Crippen molar-refractivity contribution in [3.05, 3.63) is 63.3 Å². The molecule has 0 saturated carbocycles. The van der Waals surface area contributed by atoms with Gasteiger partial charge < -0.3 is 10.4 Å². The maximum absolute atomic E-state index is 13.5. The summed E-state index contributed by atoms with van der Waals surface area (Å²) in [5, 5.41) is 19.7. The third-order valence-corrected chi connectivity index (χ3v) is 4.92. The number of benzene rings is 1. The lowest BCUT2D eigenvalue weighted by Crippen LogP contribution is -2.29. The molecule has 0 fully saturated rings. The van der Waals surface area contributed by atoms with Crippen LogP contribution in [0.25, 0.3) is 0 Å². The van der Waals surface area contributed by atoms with Crippen LogP contribution in [0.4, 0.5) is 24.7 Å². The zero-order valence-corrected chi connectivity index (χ0v) is 20.3. The molecule has 1 aromatic heterocycles. The fraction of sp³-hybridized carbons (Fsp3) is 0.318. The van der Waals surface area contributed by atoms with E-state index in [0.29, 0.717) is 16.7 Å². The van der Waals surface area contributed by atoms with Crippen LogP contribution in [0.2, 0.25) is 10.0 Å². The largest absolute Gasteiger partial charge is 0.435 e. The van der Waals surface area contributed by atoms with Gasteiger partial charge in [0.05, 0.1) is 10.7 Å². The number of halogens is 5. The number of amides is 1. The van der Waals surface area contributed by atoms with E-state index in [9.17, 15) is 23.1 Å². The van der Waals surface area contributed by atoms with Crippen molar-refractivity contribution >= 4 is 46.3 Å². The van der Waals surface area contributed by atoms with E-state index in [1.54, 1.807) is 13.0 Å². The summed E-state index contributed by atoms with van der Waals surface area (Å²) in [5.74, 6) is -0.897. The molecule has 1 aromatic carbocycles. The molecule has 2 aromatic rings. The van der Waals surface area contributed by atoms with Gasteiger partial charge in [-0.25, -0.2) is 4.98 Å². The highest BCUT2D eigenvalue weighted by Gasteiger charge is 2.35. The number of anilines is 2. The summed E-state index contributed by atoms with van der Waals surface area (Å²) in [7, 11) is 0. The molecule has 0 aliphatic rings. The van der Waals surface area contributed by atoms with Gasteiger partial charge in [-0.3, -0.25) is 15.5 Å². The Kier molecular flexibility index (Phi) is 9.45. The number of nitrogens with one attached hydrogen (secondary N) is 3. The van der Waals surface area contributed by atoms with E-state index in [1.165, 1.54) is 31.3 Å². The summed E-state index contributed by atoms with van der Waals surface area (Å²) in [6.45, 7) is 6.49. The quantitative estimate of drug-likeness (QED) is 0.158. The minimum absolute atomic E-state index is 0.0745. The molecule has 2 rings (SSSR count). The summed E-state index contributed by atoms with van der Waals surface area (Å²) >= 11 is 12.0. The highest BCUT2D eigenvalue weighted by molar-refractivity contribution is 6.32. The number of carbonyl (C=O) groups is 1. The SMILES string of the molecule is C/C(=C\C(=N/Nc1ncccc1Cl)C(F)(F)F)C(=O)Nc1c(C)cc(Cl)cc1C(O)NC(C)C. The predicted octanol–water partition coefficient (Wildman–Crippen LogP) is 5.60. The van der Waals surface area contributed by atoms with Crippen LogP contribution in [0.3, 0.4) is 0 Å². The van der Waals surface area contributed by atoms with Gasteiger partial charge in [-0.2, -0.15) is 18.3 Å². The first-order valence-corrected chi connectivity index (χ1v) is 10.8. The Labute approximate surface area is 205 Å². The first kappa shape index (κ1) is 27.6. The Balaban J connectivity index is 2.35. The lowest BCUT2D eigenvalue weighted by atomic mass is 10.1. The van der Waals surface area contributed by atoms with Gasteiger partial charge in [0, 0.05) is 28.4 Å². The molecule has 0 aliphatic carbocycles. The molecule has 0 bridgehead atoms. The van der Waals surface area contributed by atoms with Crippen LogP contribution in [0.15, 0.2) is 47.2 Å². The average molecular weight is 518 g/mol. The number of alkyl halides is 3. The van der Waals surface area contributed by atoms with E-state index in [2.05, 4.69) is 26.1 Å². The molecule has 184 valence electrons. The van der Waals surface area contributed by atoms with Crippen LogP contribution >= 0.6 is 23.2 Å². The third kappa shape index (κ3) is 7.69. The van der Waals surface area contributed by atoms with Crippen molar-refractivity contribution in [2.24, 2.45) is 5.10 Å². The Morgan fingerprint density at radius 3 is 2.53 bits per heavy atom. The van der Waals surface area contributed by atoms with Crippen LogP contribution in [0.1, 0.15) is 38.1 Å². The molecule has 1 amide bonds. The van der Waals surface area contributed by atoms with Crippen LogP contribution in [0.5, 0.6) is 0 Å². The molecular weight excluding hydrogens is 494 g/mol. The first-order chi connectivity index (χ1) is 15.8. The second-order valence-electron chi connectivity index (χ2n) is 7.63. The summed E-state index contributed by atoms with van der Waals surface area (Å²) in [6, 6.07) is 5.88. The zero-order chi connectivity index (χ0) is 25.6. The monoisotopic (exact) mass is 517 g/mol. The Morgan fingerprint density at radius 1 is 1.26 bits per heavy atom. The number of allylic oxidation sites excluding steroid dienone is 1. The van der Waals surface area contributed by atoms with Crippen molar-refractivity contribution in [2.45, 2.75) is 46.1 Å². The van der Waals surface area contributed by atoms with Crippen molar-refractivity contribution in [1.82, 2.24) is 10.3 Å². The molecule has 0 spiro atoms. The topological polar surface area (TPSA) is 98.6 Å². The predicted molar refractivity (Wildman–Crippen MR) is 128 cm³/mol. The molecular formula is C22H24Cl2F3N5O2. The van der Waals surface area contributed by atoms with E-state index in [1.807, 2.05) is 13.8 Å². The van der Waals surface area contributed by atoms with Gasteiger partial charge in [-0.1, -0.05) is 23.2 Å². The number of aryl methyl sites for hydroxylation is 1. The Hall–Kier alpha value is -2.66. The van der Waals surface area contributed by atoms with E-state index in [0.717, 1.165) is 0 Å². The highest BCUT2D eigenvalue weighted by Crippen LogP contribution is 2.30. The van der Waals surface area contributed by atoms with Crippen LogP contribution < -0.4 is 16.1 Å². The molecule has 1 unspecified atom stereocenters. The van der Waals surface area contributed by atoms with Gasteiger partial charge in [0.25, 0.3) is 5.91 Å². The number of nitrogens with zero attached hydrogens (tertiary/aromatic N) is 2. The minimum atomic E-state index is -4.87. The van der Waals surface area contributed by atoms with Gasteiger partial charge in [0.15, 0.2) is 11.5 Å². The number of hydrogen-bond acceptors (Lipinski definition) is 6. The number of hydrogen-bond donors (Lipinski definition) is 4. The molecule has 4 N–H and O–H groups in total. The molecule has 0 saturated heterocycles. The van der Waals surface area contributed by atoms with Crippen molar-refractivity contribution in [2.75, 3.05) is 10.7 Å². The van der Waals surface area contributed by atoms with Gasteiger partial charge in [-0.15, -0.1) is 0 Å². The van der Waals surface area contributed by atoms with Crippen molar-refractivity contribution in [1.29, 1.82) is 0 Å². The van der Waals surface area contributed by atoms with Crippen molar-refractivity contribution in [3.63, 3.8) is 0 Å². The number of pyridine rings is 1. The molecule has 0 aliphatic heterocycles. The fourth-order valence-corrected chi connectivity index (χ4v) is 3.25. The van der Waals surface area contributed by atoms with E-state index in [-0.39, 0.29) is 33.7 Å². The minimum Gasteiger partial charge on any atom is -0.374 e. The van der Waals surface area contributed by atoms with Crippen LogP contribution in [-0.2, 0) is 4.79 Å². The second kappa shape index (κ2) is 11.7. The summed E-state index contributed by atoms with van der Waals surface area (Å²) in [5.41, 5.74) is 1.54. The van der Waals surface area contributed by atoms with Gasteiger partial charge in [0.2, 0.25) is 0 Å². The molecule has 0 radical (unpaired) electrons. The van der Waals surface area contributed by atoms with Gasteiger partial charge in [0.1, 0.15) is 6.23 Å². The molecule has 7 nitrogen and oxygen atoms in total. The summed E-state index contributed by atoms with van der Waals surface area (Å²) in [4.78, 5) is 16.6. The van der Waals surface area contributed by atoms with Gasteiger partial charge in [-0.05, 0) is 63.6 Å². The van der Waals surface area contributed by atoms with Gasteiger partial charge >= 0.3 is 6.18 Å². The van der Waals surface area contributed by atoms with E-state index >= 15 is 0 Å². The third-order valence-electron chi connectivity index (χ3n) is 4.40. The maximum Gasteiger partial charge on any atom is 0.435 e. The highest BCUT2D eigenvalue weighted by atomic mass is 35.5. The van der Waals surface area contributed by atoms with Crippen LogP contribution in [-0.4, -0.2) is 33.9 Å². The first-order valence-electron chi connectivity index (χ1n) is 10.0. The maximum atomic E-state index is 13.5. The Bertz CT molecular complexity index is 1100. The number of hydrazone groups is 1. The molecule has 34 heavy (non-hydrogen) atoms. The van der Waals surface area contributed by atoms with Crippen LogP contribution in [0, 0.1) is 6.92 Å². The standard InChI is InChI=1S/C22H24Cl2F3N5O2/c1-11(2)29-21(34)15-10-14(23)8-12(3)18(15)30-20(33)13(4)9-17(22(25,26)27)31-32-19-16(24)6-5-7-28-19/h5-11,21,29,34H,1-4H3,(H,28,32)(H,30,33)/b13-9+,31-17+. The number of rotatable bonds is 8. The Morgan fingerprint density at radius 2 is 1.94 bits per heavy atom. The number of aromatic nitrogens is 1. The van der Waals surface area contributed by atoms with E-state index < -0.39 is 24.0 Å².